The van der Waals surface area contributed by atoms with Crippen molar-refractivity contribution in [2.24, 2.45) is 5.73 Å². The van der Waals surface area contributed by atoms with Crippen LogP contribution in [0.2, 0.25) is 0 Å². The van der Waals surface area contributed by atoms with Crippen molar-refractivity contribution in [2.75, 3.05) is 5.32 Å². The van der Waals surface area contributed by atoms with E-state index in [1.807, 2.05) is 13.0 Å². The lowest BCUT2D eigenvalue weighted by Crippen LogP contribution is -2.13. The van der Waals surface area contributed by atoms with Gasteiger partial charge in [0.25, 0.3) is 5.91 Å². The summed E-state index contributed by atoms with van der Waals surface area (Å²) < 4.78 is 26.5. The molecule has 0 fully saturated rings. The number of anilines is 1. The topological polar surface area (TPSA) is 70.9 Å². The molecule has 1 aromatic heterocycles. The quantitative estimate of drug-likeness (QED) is 0.642. The van der Waals surface area contributed by atoms with Crippen molar-refractivity contribution < 1.29 is 13.6 Å². The first-order chi connectivity index (χ1) is 12.4. The number of hydrogen-bond donors (Lipinski definition) is 3. The highest BCUT2D eigenvalue weighted by Gasteiger charge is 2.15. The third kappa shape index (κ3) is 3.09. The van der Waals surface area contributed by atoms with E-state index in [4.69, 9.17) is 5.73 Å². The maximum absolute atomic E-state index is 13.4. The summed E-state index contributed by atoms with van der Waals surface area (Å²) in [5.74, 6) is -2.62. The summed E-state index contributed by atoms with van der Waals surface area (Å²) in [7, 11) is 0. The molecule has 0 spiro atoms. The van der Waals surface area contributed by atoms with Crippen LogP contribution < -0.4 is 11.1 Å². The number of aromatic nitrogens is 1. The Morgan fingerprint density at radius 2 is 2.00 bits per heavy atom. The summed E-state index contributed by atoms with van der Waals surface area (Å²) in [6.45, 7) is 5.67. The highest BCUT2D eigenvalue weighted by atomic mass is 19.2. The molecule has 6 heteroatoms. The van der Waals surface area contributed by atoms with Crippen LogP contribution in [0.25, 0.3) is 23.1 Å². The van der Waals surface area contributed by atoms with Crippen molar-refractivity contribution in [3.8, 4) is 0 Å². The minimum Gasteiger partial charge on any atom is -0.405 e. The second kappa shape index (κ2) is 6.84. The van der Waals surface area contributed by atoms with Crippen molar-refractivity contribution in [3.05, 3.63) is 77.1 Å². The van der Waals surface area contributed by atoms with Crippen LogP contribution in [0.3, 0.4) is 0 Å². The molecule has 3 aromatic rings. The van der Waals surface area contributed by atoms with Crippen LogP contribution in [0.15, 0.2) is 43.1 Å². The predicted octanol–water partition coefficient (Wildman–Crippen LogP) is 4.58. The van der Waals surface area contributed by atoms with Crippen LogP contribution in [0.4, 0.5) is 14.5 Å². The lowest BCUT2D eigenvalue weighted by molar-refractivity contribution is 0.102. The average molecular weight is 353 g/mol. The van der Waals surface area contributed by atoms with Crippen LogP contribution in [-0.4, -0.2) is 10.9 Å². The van der Waals surface area contributed by atoms with E-state index in [0.29, 0.717) is 11.2 Å². The van der Waals surface area contributed by atoms with Gasteiger partial charge >= 0.3 is 0 Å². The van der Waals surface area contributed by atoms with E-state index in [1.165, 1.54) is 12.3 Å². The van der Waals surface area contributed by atoms with Gasteiger partial charge in [-0.1, -0.05) is 6.58 Å². The molecule has 0 bridgehead atoms. The number of benzene rings is 2. The molecule has 3 rings (SSSR count). The molecule has 0 aliphatic carbocycles. The number of nitrogens with one attached hydrogen (secondary N) is 2. The van der Waals surface area contributed by atoms with Gasteiger partial charge < -0.3 is 16.0 Å². The van der Waals surface area contributed by atoms with Crippen LogP contribution >= 0.6 is 0 Å². The Bertz CT molecular complexity index is 1050. The minimum absolute atomic E-state index is 0.0242. The van der Waals surface area contributed by atoms with Gasteiger partial charge in [0.1, 0.15) is 0 Å². The van der Waals surface area contributed by atoms with E-state index < -0.39 is 17.5 Å². The van der Waals surface area contributed by atoms with Crippen molar-refractivity contribution in [1.29, 1.82) is 0 Å². The SMILES string of the molecule is C=Cc1[nH]c2c(NC(=O)c3ccc(F)c(F)c3)cc(C)cc2c1/C=C\N. The highest BCUT2D eigenvalue weighted by molar-refractivity contribution is 6.10. The summed E-state index contributed by atoms with van der Waals surface area (Å²) >= 11 is 0. The molecule has 132 valence electrons. The third-order valence-electron chi connectivity index (χ3n) is 4.02. The second-order valence-corrected chi connectivity index (χ2v) is 5.83. The first-order valence-electron chi connectivity index (χ1n) is 7.88. The zero-order valence-corrected chi connectivity index (χ0v) is 14.1. The summed E-state index contributed by atoms with van der Waals surface area (Å²) in [4.78, 5) is 15.6. The van der Waals surface area contributed by atoms with Gasteiger partial charge in [0.15, 0.2) is 11.6 Å². The molecule has 2 aromatic carbocycles. The molecule has 1 amide bonds. The van der Waals surface area contributed by atoms with Crippen LogP contribution in [0.1, 0.15) is 27.2 Å². The number of aromatic amines is 1. The number of halogens is 2. The Labute approximate surface area is 149 Å². The fourth-order valence-corrected chi connectivity index (χ4v) is 2.85. The molecular formula is C20H17F2N3O. The number of carbonyl (C=O) groups excluding carboxylic acids is 1. The van der Waals surface area contributed by atoms with Crippen LogP contribution in [0.5, 0.6) is 0 Å². The number of aryl methyl sites for hydroxylation is 1. The first kappa shape index (κ1) is 17.4. The van der Waals surface area contributed by atoms with Crippen LogP contribution in [0, 0.1) is 18.6 Å². The number of fused-ring (bicyclic) bond motifs is 1. The van der Waals surface area contributed by atoms with Crippen molar-refractivity contribution in [3.63, 3.8) is 0 Å². The molecule has 4 nitrogen and oxygen atoms in total. The van der Waals surface area contributed by atoms with Gasteiger partial charge in [0, 0.05) is 22.2 Å². The lowest BCUT2D eigenvalue weighted by Gasteiger charge is -2.09. The Hall–Kier alpha value is -3.41. The molecule has 0 aliphatic heterocycles. The predicted molar refractivity (Wildman–Crippen MR) is 101 cm³/mol. The van der Waals surface area contributed by atoms with E-state index in [9.17, 15) is 13.6 Å². The molecule has 26 heavy (non-hydrogen) atoms. The van der Waals surface area contributed by atoms with Gasteiger partial charge in [-0.25, -0.2) is 8.78 Å². The monoisotopic (exact) mass is 353 g/mol. The Balaban J connectivity index is 2.08. The molecule has 0 unspecified atom stereocenters. The van der Waals surface area contributed by atoms with E-state index in [0.717, 1.165) is 34.3 Å². The Morgan fingerprint density at radius 1 is 1.23 bits per heavy atom. The number of nitrogens with two attached hydrogens (primary N) is 1. The molecule has 4 N–H and O–H groups in total. The van der Waals surface area contributed by atoms with Crippen LogP contribution in [-0.2, 0) is 0 Å². The largest absolute Gasteiger partial charge is 0.405 e. The molecule has 0 saturated heterocycles. The smallest absolute Gasteiger partial charge is 0.255 e. The molecule has 0 aliphatic rings. The van der Waals surface area contributed by atoms with Gasteiger partial charge in [-0.2, -0.15) is 0 Å². The summed E-state index contributed by atoms with van der Waals surface area (Å²) in [6, 6.07) is 6.77. The van der Waals surface area contributed by atoms with Gasteiger partial charge in [0.05, 0.1) is 11.2 Å². The third-order valence-corrected chi connectivity index (χ3v) is 4.02. The fraction of sp³-hybridized carbons (Fsp3) is 0.0500. The molecule has 1 heterocycles. The van der Waals surface area contributed by atoms with E-state index >= 15 is 0 Å². The molecule has 0 saturated carbocycles. The fourth-order valence-electron chi connectivity index (χ4n) is 2.85. The van der Waals surface area contributed by atoms with Gasteiger partial charge in [0.2, 0.25) is 0 Å². The summed E-state index contributed by atoms with van der Waals surface area (Å²) in [5, 5.41) is 3.61. The minimum atomic E-state index is -1.07. The zero-order chi connectivity index (χ0) is 18.8. The number of hydrogen-bond acceptors (Lipinski definition) is 2. The van der Waals surface area contributed by atoms with E-state index in [-0.39, 0.29) is 5.56 Å². The van der Waals surface area contributed by atoms with Gasteiger partial charge in [-0.3, -0.25) is 4.79 Å². The maximum Gasteiger partial charge on any atom is 0.255 e. The summed E-state index contributed by atoms with van der Waals surface area (Å²) in [6.07, 6.45) is 4.83. The van der Waals surface area contributed by atoms with E-state index in [1.54, 1.807) is 18.2 Å². The lowest BCUT2D eigenvalue weighted by atomic mass is 10.1. The van der Waals surface area contributed by atoms with Gasteiger partial charge in [-0.05, 0) is 61.2 Å². The Morgan fingerprint density at radius 3 is 2.65 bits per heavy atom. The first-order valence-corrected chi connectivity index (χ1v) is 7.88. The van der Waals surface area contributed by atoms with Gasteiger partial charge in [-0.15, -0.1) is 0 Å². The molecular weight excluding hydrogens is 336 g/mol. The number of H-pyrrole nitrogens is 1. The molecule has 0 atom stereocenters. The van der Waals surface area contributed by atoms with Crippen molar-refractivity contribution >= 4 is 34.6 Å². The highest BCUT2D eigenvalue weighted by Crippen LogP contribution is 2.31. The second-order valence-electron chi connectivity index (χ2n) is 5.83. The zero-order valence-electron chi connectivity index (χ0n) is 14.1. The number of rotatable bonds is 4. The normalized spacial score (nSPS) is 11.2. The number of amides is 1. The van der Waals surface area contributed by atoms with Crippen molar-refractivity contribution in [2.45, 2.75) is 6.92 Å². The standard InChI is InChI=1S/C20H17F2N3O/c1-3-17-13(6-7-23)14-8-11(2)9-18(19(14)24-17)25-20(26)12-4-5-15(21)16(22)10-12/h3-10,24H,1,23H2,2H3,(H,25,26)/b7-6-. The number of carbonyl (C=O) groups is 1. The molecule has 0 radical (unpaired) electrons. The average Bonchev–Trinajstić information content (AvgIpc) is 2.95. The summed E-state index contributed by atoms with van der Waals surface area (Å²) in [5.41, 5.74) is 9.29. The Kier molecular flexibility index (Phi) is 4.58. The maximum atomic E-state index is 13.4. The van der Waals surface area contributed by atoms with E-state index in [2.05, 4.69) is 16.9 Å². The van der Waals surface area contributed by atoms with Crippen molar-refractivity contribution in [1.82, 2.24) is 4.98 Å².